The van der Waals surface area contributed by atoms with Crippen LogP contribution in [0.3, 0.4) is 0 Å². The summed E-state index contributed by atoms with van der Waals surface area (Å²) < 4.78 is 6.19. The zero-order valence-electron chi connectivity index (χ0n) is 12.3. The molecule has 2 heteroatoms. The third-order valence-electron chi connectivity index (χ3n) is 4.09. The van der Waals surface area contributed by atoms with E-state index >= 15 is 0 Å². The molecular formula is C20H17NO. The van der Waals surface area contributed by atoms with Gasteiger partial charge < -0.3 is 10.5 Å². The number of rotatable bonds is 1. The van der Waals surface area contributed by atoms with Gasteiger partial charge in [0, 0.05) is 23.2 Å². The van der Waals surface area contributed by atoms with E-state index in [9.17, 15) is 0 Å². The van der Waals surface area contributed by atoms with Crippen LogP contribution in [0.2, 0.25) is 0 Å². The highest BCUT2D eigenvalue weighted by Crippen LogP contribution is 2.38. The number of para-hydroxylation sites is 1. The summed E-state index contributed by atoms with van der Waals surface area (Å²) in [7, 11) is 0. The summed E-state index contributed by atoms with van der Waals surface area (Å²) in [5.74, 6) is 1.98. The van der Waals surface area contributed by atoms with Crippen molar-refractivity contribution in [1.82, 2.24) is 0 Å². The van der Waals surface area contributed by atoms with Crippen LogP contribution in [0.4, 0.5) is 5.69 Å². The van der Waals surface area contributed by atoms with Crippen LogP contribution < -0.4 is 10.5 Å². The fraction of sp³-hybridized carbons (Fsp3) is 0.100. The summed E-state index contributed by atoms with van der Waals surface area (Å²) in [6, 6.07) is 16.2. The number of ether oxygens (including phenoxy) is 1. The van der Waals surface area contributed by atoms with Gasteiger partial charge in [-0.15, -0.1) is 0 Å². The van der Waals surface area contributed by atoms with Crippen LogP contribution in [-0.4, -0.2) is 0 Å². The first-order chi connectivity index (χ1) is 10.8. The maximum Gasteiger partial charge on any atom is 0.134 e. The van der Waals surface area contributed by atoms with Crippen molar-refractivity contribution in [3.05, 3.63) is 89.2 Å². The molecule has 2 nitrogen and oxygen atoms in total. The van der Waals surface area contributed by atoms with Crippen molar-refractivity contribution < 1.29 is 4.74 Å². The van der Waals surface area contributed by atoms with Crippen LogP contribution in [0.5, 0.6) is 5.75 Å². The van der Waals surface area contributed by atoms with Crippen LogP contribution in [0.15, 0.2) is 78.1 Å². The molecule has 1 aliphatic carbocycles. The predicted molar refractivity (Wildman–Crippen MR) is 90.4 cm³/mol. The van der Waals surface area contributed by atoms with Crippen molar-refractivity contribution in [2.75, 3.05) is 5.73 Å². The Balaban J connectivity index is 1.93. The van der Waals surface area contributed by atoms with E-state index in [1.165, 1.54) is 5.57 Å². The summed E-state index contributed by atoms with van der Waals surface area (Å²) in [6.45, 7) is 0. The Morgan fingerprint density at radius 2 is 1.77 bits per heavy atom. The smallest absolute Gasteiger partial charge is 0.134 e. The number of anilines is 1. The second-order valence-electron chi connectivity index (χ2n) is 5.60. The van der Waals surface area contributed by atoms with E-state index in [4.69, 9.17) is 10.5 Å². The maximum atomic E-state index is 6.19. The third-order valence-corrected chi connectivity index (χ3v) is 4.09. The van der Waals surface area contributed by atoms with E-state index in [-0.39, 0.29) is 0 Å². The van der Waals surface area contributed by atoms with Gasteiger partial charge in [0.25, 0.3) is 0 Å². The molecule has 1 heterocycles. The highest BCUT2D eigenvalue weighted by Gasteiger charge is 2.19. The molecule has 4 rings (SSSR count). The number of hydrogen-bond donors (Lipinski definition) is 1. The number of benzene rings is 2. The molecule has 0 aromatic heterocycles. The Hall–Kier alpha value is -2.74. The number of nitrogen functional groups attached to an aromatic ring is 1. The van der Waals surface area contributed by atoms with Crippen molar-refractivity contribution in [3.63, 3.8) is 0 Å². The molecule has 0 spiro atoms. The topological polar surface area (TPSA) is 35.2 Å². The summed E-state index contributed by atoms with van der Waals surface area (Å²) in [6.07, 6.45) is 8.57. The minimum Gasteiger partial charge on any atom is -0.460 e. The molecule has 1 aliphatic heterocycles. The first-order valence-corrected chi connectivity index (χ1v) is 7.56. The van der Waals surface area contributed by atoms with E-state index < -0.39 is 0 Å². The van der Waals surface area contributed by atoms with E-state index in [0.717, 1.165) is 46.7 Å². The molecule has 108 valence electrons. The molecule has 2 aromatic rings. The standard InChI is InChI=1S/C20H17NO/c21-16-11-9-14(10-12-16)18-13-15-5-1-3-7-19(15)22-20-8-4-2-6-17(18)20/h1-2,4-6,8-13H,3,7,21H2. The summed E-state index contributed by atoms with van der Waals surface area (Å²) in [5, 5.41) is 0. The van der Waals surface area contributed by atoms with Crippen molar-refractivity contribution >= 4 is 11.3 Å². The zero-order valence-corrected chi connectivity index (χ0v) is 12.3. The highest BCUT2D eigenvalue weighted by molar-refractivity contribution is 5.86. The molecular weight excluding hydrogens is 270 g/mol. The van der Waals surface area contributed by atoms with Gasteiger partial charge in [-0.2, -0.15) is 0 Å². The van der Waals surface area contributed by atoms with Gasteiger partial charge in [0.05, 0.1) is 0 Å². The fourth-order valence-electron chi connectivity index (χ4n) is 2.95. The maximum absolute atomic E-state index is 6.19. The van der Waals surface area contributed by atoms with Gasteiger partial charge in [0.2, 0.25) is 0 Å². The average Bonchev–Trinajstić information content (AvgIpc) is 2.72. The van der Waals surface area contributed by atoms with Gasteiger partial charge in [0.1, 0.15) is 11.5 Å². The molecule has 22 heavy (non-hydrogen) atoms. The Labute approximate surface area is 130 Å². The zero-order chi connectivity index (χ0) is 14.9. The van der Waals surface area contributed by atoms with Crippen LogP contribution in [0.1, 0.15) is 24.0 Å². The summed E-state index contributed by atoms with van der Waals surface area (Å²) in [4.78, 5) is 0. The third kappa shape index (κ3) is 2.23. The first-order valence-electron chi connectivity index (χ1n) is 7.56. The minimum atomic E-state index is 0.778. The van der Waals surface area contributed by atoms with E-state index in [0.29, 0.717) is 0 Å². The molecule has 0 amide bonds. The molecule has 2 aromatic carbocycles. The lowest BCUT2D eigenvalue weighted by molar-refractivity contribution is 0.399. The first kappa shape index (κ1) is 13.0. The van der Waals surface area contributed by atoms with Gasteiger partial charge in [0.15, 0.2) is 0 Å². The minimum absolute atomic E-state index is 0.778. The van der Waals surface area contributed by atoms with E-state index in [1.54, 1.807) is 0 Å². The lowest BCUT2D eigenvalue weighted by atomic mass is 9.94. The van der Waals surface area contributed by atoms with Crippen molar-refractivity contribution in [2.45, 2.75) is 12.8 Å². The molecule has 0 atom stereocenters. The Kier molecular flexibility index (Phi) is 3.08. The molecule has 0 fully saturated rings. The molecule has 0 radical (unpaired) electrons. The molecule has 0 unspecified atom stereocenters. The van der Waals surface area contributed by atoms with Crippen LogP contribution in [-0.2, 0) is 0 Å². The highest BCUT2D eigenvalue weighted by atomic mass is 16.5. The number of allylic oxidation sites excluding steroid dienone is 5. The fourth-order valence-corrected chi connectivity index (χ4v) is 2.95. The molecule has 0 saturated heterocycles. The molecule has 2 N–H and O–H groups in total. The van der Waals surface area contributed by atoms with E-state index in [1.807, 2.05) is 30.3 Å². The van der Waals surface area contributed by atoms with Crippen LogP contribution in [0, 0.1) is 0 Å². The normalized spacial score (nSPS) is 16.3. The lowest BCUT2D eigenvalue weighted by Crippen LogP contribution is -2.00. The van der Waals surface area contributed by atoms with Gasteiger partial charge in [-0.1, -0.05) is 42.5 Å². The van der Waals surface area contributed by atoms with Gasteiger partial charge in [-0.05, 0) is 41.8 Å². The summed E-state index contributed by atoms with van der Waals surface area (Å²) >= 11 is 0. The molecule has 2 aliphatic rings. The van der Waals surface area contributed by atoms with Gasteiger partial charge in [-0.3, -0.25) is 0 Å². The SMILES string of the molecule is Nc1ccc(C2=CC3=C(CCC=C3)Oc3ccccc32)cc1. The Morgan fingerprint density at radius 3 is 2.64 bits per heavy atom. The van der Waals surface area contributed by atoms with Gasteiger partial charge >= 0.3 is 0 Å². The van der Waals surface area contributed by atoms with Crippen molar-refractivity contribution in [3.8, 4) is 5.75 Å². The molecule has 0 bridgehead atoms. The number of fused-ring (bicyclic) bond motifs is 1. The van der Waals surface area contributed by atoms with Crippen molar-refractivity contribution in [1.29, 1.82) is 0 Å². The Morgan fingerprint density at radius 1 is 0.955 bits per heavy atom. The molecule has 0 saturated carbocycles. The van der Waals surface area contributed by atoms with Gasteiger partial charge in [-0.25, -0.2) is 0 Å². The number of hydrogen-bond acceptors (Lipinski definition) is 2. The second kappa shape index (κ2) is 5.23. The summed E-state index contributed by atoms with van der Waals surface area (Å²) in [5.41, 5.74) is 11.2. The van der Waals surface area contributed by atoms with Crippen LogP contribution >= 0.6 is 0 Å². The average molecular weight is 287 g/mol. The Bertz CT molecular complexity index is 810. The lowest BCUT2D eigenvalue weighted by Gasteiger charge is -2.14. The second-order valence-corrected chi connectivity index (χ2v) is 5.60. The van der Waals surface area contributed by atoms with E-state index in [2.05, 4.69) is 36.4 Å². The van der Waals surface area contributed by atoms with Crippen LogP contribution in [0.25, 0.3) is 5.57 Å². The monoisotopic (exact) mass is 287 g/mol. The number of nitrogens with two attached hydrogens (primary N) is 1. The predicted octanol–water partition coefficient (Wildman–Crippen LogP) is 4.70. The quantitative estimate of drug-likeness (QED) is 0.772. The largest absolute Gasteiger partial charge is 0.460 e. The van der Waals surface area contributed by atoms with Crippen molar-refractivity contribution in [2.24, 2.45) is 0 Å².